The van der Waals surface area contributed by atoms with E-state index >= 15 is 0 Å². The molecule has 0 fully saturated rings. The molecule has 10 aromatic rings. The highest BCUT2D eigenvalue weighted by Crippen LogP contribution is 2.39. The lowest BCUT2D eigenvalue weighted by atomic mass is 9.92. The summed E-state index contributed by atoms with van der Waals surface area (Å²) in [6.07, 6.45) is 0. The lowest BCUT2D eigenvalue weighted by Crippen LogP contribution is -1.93. The van der Waals surface area contributed by atoms with Gasteiger partial charge in [-0.05, 0) is 102 Å². The smallest absolute Gasteiger partial charge is 0.0541 e. The van der Waals surface area contributed by atoms with E-state index in [-0.39, 0.29) is 0 Å². The number of hydrogen-bond acceptors (Lipinski definition) is 0. The summed E-state index contributed by atoms with van der Waals surface area (Å²) < 4.78 is 2.40. The van der Waals surface area contributed by atoms with E-state index in [1.807, 2.05) is 0 Å². The van der Waals surface area contributed by atoms with Crippen molar-refractivity contribution in [3.63, 3.8) is 0 Å². The first-order chi connectivity index (χ1) is 23.3. The monoisotopic (exact) mass is 595 g/mol. The third-order valence-corrected chi connectivity index (χ3v) is 9.96. The van der Waals surface area contributed by atoms with Crippen molar-refractivity contribution in [2.45, 2.75) is 0 Å². The summed E-state index contributed by atoms with van der Waals surface area (Å²) >= 11 is 0. The molecule has 1 aromatic heterocycles. The molecule has 1 nitrogen and oxygen atoms in total. The van der Waals surface area contributed by atoms with Crippen LogP contribution in [0.3, 0.4) is 0 Å². The Morgan fingerprint density at radius 2 is 0.723 bits per heavy atom. The molecule has 10 rings (SSSR count). The molecule has 1 heteroatoms. The van der Waals surface area contributed by atoms with Crippen molar-refractivity contribution < 1.29 is 0 Å². The third kappa shape index (κ3) is 4.03. The van der Waals surface area contributed by atoms with Crippen LogP contribution in [0, 0.1) is 0 Å². The zero-order valence-corrected chi connectivity index (χ0v) is 25.7. The van der Waals surface area contributed by atoms with Crippen LogP contribution in [0.5, 0.6) is 0 Å². The molecule has 9 aromatic carbocycles. The molecule has 0 aliphatic rings. The molecule has 0 aliphatic heterocycles. The first-order valence-corrected chi connectivity index (χ1v) is 16.3. The number of aromatic nitrogens is 1. The van der Waals surface area contributed by atoms with Crippen molar-refractivity contribution in [3.8, 4) is 27.9 Å². The predicted octanol–water partition coefficient (Wildman–Crippen LogP) is 12.7. The Kier molecular flexibility index (Phi) is 5.64. The van der Waals surface area contributed by atoms with Gasteiger partial charge >= 0.3 is 0 Å². The van der Waals surface area contributed by atoms with Crippen molar-refractivity contribution in [2.24, 2.45) is 0 Å². The minimum atomic E-state index is 1.18. The van der Waals surface area contributed by atoms with Crippen molar-refractivity contribution in [2.75, 3.05) is 0 Å². The Morgan fingerprint density at radius 1 is 0.255 bits per heavy atom. The normalized spacial score (nSPS) is 11.8. The van der Waals surface area contributed by atoms with Gasteiger partial charge in [-0.25, -0.2) is 0 Å². The molecule has 0 atom stereocenters. The van der Waals surface area contributed by atoms with Crippen LogP contribution in [0.15, 0.2) is 176 Å². The third-order valence-electron chi connectivity index (χ3n) is 9.96. The second-order valence-electron chi connectivity index (χ2n) is 12.5. The Morgan fingerprint density at radius 3 is 1.40 bits per heavy atom. The van der Waals surface area contributed by atoms with Gasteiger partial charge in [-0.15, -0.1) is 0 Å². The van der Waals surface area contributed by atoms with E-state index in [9.17, 15) is 0 Å². The topological polar surface area (TPSA) is 4.93 Å². The van der Waals surface area contributed by atoms with Gasteiger partial charge < -0.3 is 4.57 Å². The highest BCUT2D eigenvalue weighted by Gasteiger charge is 2.14. The number of benzene rings is 9. The Labute approximate surface area is 272 Å². The minimum absolute atomic E-state index is 1.18. The van der Waals surface area contributed by atoms with Gasteiger partial charge in [0.2, 0.25) is 0 Å². The fourth-order valence-electron chi connectivity index (χ4n) is 7.69. The van der Waals surface area contributed by atoms with Crippen LogP contribution in [-0.2, 0) is 0 Å². The highest BCUT2D eigenvalue weighted by molar-refractivity contribution is 6.25. The molecule has 0 bridgehead atoms. The SMILES string of the molecule is c1ccc2cc(-n3c4ccccc4c4cc(-c5ccc(-c6ccc7c8ccccc8c8ccccc8c7c6)cc5)ccc43)ccc2c1. The summed E-state index contributed by atoms with van der Waals surface area (Å²) in [4.78, 5) is 0. The lowest BCUT2D eigenvalue weighted by molar-refractivity contribution is 1.19. The van der Waals surface area contributed by atoms with Crippen LogP contribution >= 0.6 is 0 Å². The molecular formula is C46H29N. The Balaban J connectivity index is 1.07. The molecule has 1 heterocycles. The summed E-state index contributed by atoms with van der Waals surface area (Å²) in [6.45, 7) is 0. The van der Waals surface area contributed by atoms with Gasteiger partial charge in [0.15, 0.2) is 0 Å². The standard InChI is InChI=1S/C46H29N/c1-2-10-33-27-36(24-21-30(33)9-1)47-45-16-8-7-15-42(45)44-29-35(23-26-46(44)47)32-19-17-31(18-20-32)34-22-25-41-39-13-4-3-11-37(39)38-12-5-6-14-40(38)43(41)28-34/h1-29H. The van der Waals surface area contributed by atoms with E-state index < -0.39 is 0 Å². The first kappa shape index (κ1) is 26.1. The van der Waals surface area contributed by atoms with Gasteiger partial charge in [0.1, 0.15) is 0 Å². The van der Waals surface area contributed by atoms with Gasteiger partial charge in [-0.1, -0.05) is 140 Å². The fraction of sp³-hybridized carbons (Fsp3) is 0. The zero-order chi connectivity index (χ0) is 30.9. The summed E-state index contributed by atoms with van der Waals surface area (Å²) in [5, 5.41) is 12.9. The number of hydrogen-bond donors (Lipinski definition) is 0. The maximum Gasteiger partial charge on any atom is 0.0541 e. The second kappa shape index (κ2) is 10.2. The summed E-state index contributed by atoms with van der Waals surface area (Å²) in [5.41, 5.74) is 8.53. The number of rotatable bonds is 3. The molecular weight excluding hydrogens is 567 g/mol. The molecule has 0 amide bonds. The van der Waals surface area contributed by atoms with Crippen LogP contribution < -0.4 is 0 Å². The van der Waals surface area contributed by atoms with E-state index in [0.29, 0.717) is 0 Å². The Bertz CT molecular complexity index is 2800. The average molecular weight is 596 g/mol. The van der Waals surface area contributed by atoms with Crippen molar-refractivity contribution >= 4 is 64.9 Å². The minimum Gasteiger partial charge on any atom is -0.309 e. The highest BCUT2D eigenvalue weighted by atomic mass is 15.0. The maximum absolute atomic E-state index is 2.40. The van der Waals surface area contributed by atoms with E-state index in [2.05, 4.69) is 180 Å². The zero-order valence-electron chi connectivity index (χ0n) is 25.7. The van der Waals surface area contributed by atoms with Crippen LogP contribution in [0.25, 0.3) is 92.8 Å². The van der Waals surface area contributed by atoms with Crippen molar-refractivity contribution in [3.05, 3.63) is 176 Å². The van der Waals surface area contributed by atoms with Gasteiger partial charge in [0.25, 0.3) is 0 Å². The lowest BCUT2D eigenvalue weighted by Gasteiger charge is -2.12. The van der Waals surface area contributed by atoms with Crippen molar-refractivity contribution in [1.29, 1.82) is 0 Å². The van der Waals surface area contributed by atoms with E-state index in [1.165, 1.54) is 92.8 Å². The largest absolute Gasteiger partial charge is 0.309 e. The molecule has 0 saturated carbocycles. The number of nitrogens with zero attached hydrogens (tertiary/aromatic N) is 1. The van der Waals surface area contributed by atoms with Crippen molar-refractivity contribution in [1.82, 2.24) is 4.57 Å². The van der Waals surface area contributed by atoms with Crippen LogP contribution in [0.1, 0.15) is 0 Å². The van der Waals surface area contributed by atoms with Crippen LogP contribution in [0.4, 0.5) is 0 Å². The Hall–Kier alpha value is -6.18. The van der Waals surface area contributed by atoms with Gasteiger partial charge in [0.05, 0.1) is 11.0 Å². The molecule has 0 radical (unpaired) electrons. The molecule has 0 unspecified atom stereocenters. The van der Waals surface area contributed by atoms with Gasteiger partial charge in [0, 0.05) is 16.5 Å². The molecule has 0 aliphatic carbocycles. The van der Waals surface area contributed by atoms with Crippen LogP contribution in [-0.4, -0.2) is 4.57 Å². The first-order valence-electron chi connectivity index (χ1n) is 16.3. The van der Waals surface area contributed by atoms with Crippen LogP contribution in [0.2, 0.25) is 0 Å². The second-order valence-corrected chi connectivity index (χ2v) is 12.5. The van der Waals surface area contributed by atoms with E-state index in [0.717, 1.165) is 0 Å². The molecule has 0 saturated heterocycles. The summed E-state index contributed by atoms with van der Waals surface area (Å²) in [5.74, 6) is 0. The predicted molar refractivity (Wildman–Crippen MR) is 202 cm³/mol. The van der Waals surface area contributed by atoms with Gasteiger partial charge in [-0.3, -0.25) is 0 Å². The van der Waals surface area contributed by atoms with Gasteiger partial charge in [-0.2, -0.15) is 0 Å². The molecule has 218 valence electrons. The molecule has 0 N–H and O–H groups in total. The number of para-hydroxylation sites is 1. The summed E-state index contributed by atoms with van der Waals surface area (Å²) in [6, 6.07) is 64.5. The molecule has 47 heavy (non-hydrogen) atoms. The maximum atomic E-state index is 2.40. The van der Waals surface area contributed by atoms with E-state index in [4.69, 9.17) is 0 Å². The summed E-state index contributed by atoms with van der Waals surface area (Å²) in [7, 11) is 0. The quantitative estimate of drug-likeness (QED) is 0.179. The average Bonchev–Trinajstić information content (AvgIpc) is 3.48. The fourth-order valence-corrected chi connectivity index (χ4v) is 7.69. The van der Waals surface area contributed by atoms with E-state index in [1.54, 1.807) is 0 Å². The molecule has 0 spiro atoms. The number of fused-ring (bicyclic) bond motifs is 10.